The van der Waals surface area contributed by atoms with Crippen LogP contribution >= 0.6 is 0 Å². The molecule has 0 bridgehead atoms. The Morgan fingerprint density at radius 1 is 0.886 bits per heavy atom. The summed E-state index contributed by atoms with van der Waals surface area (Å²) in [4.78, 5) is 52.0. The second-order valence-corrected chi connectivity index (χ2v) is 8.13. The molecule has 3 aromatic carbocycles. The molecule has 0 saturated carbocycles. The minimum absolute atomic E-state index is 0.136. The second kappa shape index (κ2) is 9.80. The SMILES string of the molecule is CCOc1ccc(N2C(=O)c3ccc(C(=O)NCC(=O)Nc4c(C)cccc4C)cc3C2=O)cc1. The highest BCUT2D eigenvalue weighted by atomic mass is 16.5. The lowest BCUT2D eigenvalue weighted by Gasteiger charge is -2.14. The summed E-state index contributed by atoms with van der Waals surface area (Å²) in [5, 5.41) is 5.37. The summed E-state index contributed by atoms with van der Waals surface area (Å²) in [5.41, 5.74) is 3.49. The maximum absolute atomic E-state index is 13.0. The van der Waals surface area contributed by atoms with E-state index in [1.165, 1.54) is 18.2 Å². The first-order valence-electron chi connectivity index (χ1n) is 11.2. The van der Waals surface area contributed by atoms with E-state index in [2.05, 4.69) is 10.6 Å². The lowest BCUT2D eigenvalue weighted by molar-refractivity contribution is -0.115. The predicted molar refractivity (Wildman–Crippen MR) is 132 cm³/mol. The van der Waals surface area contributed by atoms with E-state index in [9.17, 15) is 19.2 Å². The standard InChI is InChI=1S/C27H25N3O5/c1-4-35-20-11-9-19(10-12-20)30-26(33)21-13-8-18(14-22(21)27(30)34)25(32)28-15-23(31)29-24-16(2)6-5-7-17(24)3/h5-14H,4,15H2,1-3H3,(H,28,32)(H,29,31). The van der Waals surface area contributed by atoms with Crippen LogP contribution in [0.4, 0.5) is 11.4 Å². The van der Waals surface area contributed by atoms with Gasteiger partial charge in [-0.1, -0.05) is 18.2 Å². The van der Waals surface area contributed by atoms with Gasteiger partial charge in [-0.05, 0) is 74.4 Å². The van der Waals surface area contributed by atoms with E-state index in [1.807, 2.05) is 39.0 Å². The minimum Gasteiger partial charge on any atom is -0.494 e. The Hall–Kier alpha value is -4.46. The lowest BCUT2D eigenvalue weighted by atomic mass is 10.1. The van der Waals surface area contributed by atoms with Gasteiger partial charge in [-0.2, -0.15) is 0 Å². The van der Waals surface area contributed by atoms with Crippen molar-refractivity contribution in [3.8, 4) is 5.75 Å². The topological polar surface area (TPSA) is 105 Å². The Kier molecular flexibility index (Phi) is 6.64. The van der Waals surface area contributed by atoms with Gasteiger partial charge >= 0.3 is 0 Å². The fourth-order valence-corrected chi connectivity index (χ4v) is 3.93. The van der Waals surface area contributed by atoms with Crippen molar-refractivity contribution in [1.82, 2.24) is 5.32 Å². The van der Waals surface area contributed by atoms with E-state index >= 15 is 0 Å². The monoisotopic (exact) mass is 471 g/mol. The predicted octanol–water partition coefficient (Wildman–Crippen LogP) is 3.87. The molecule has 178 valence electrons. The smallest absolute Gasteiger partial charge is 0.266 e. The molecule has 1 aliphatic heterocycles. The number of imide groups is 1. The van der Waals surface area contributed by atoms with Gasteiger partial charge in [0.05, 0.1) is 30.0 Å². The number of rotatable bonds is 7. The summed E-state index contributed by atoms with van der Waals surface area (Å²) in [7, 11) is 0. The largest absolute Gasteiger partial charge is 0.494 e. The molecule has 1 heterocycles. The van der Waals surface area contributed by atoms with Crippen LogP contribution in [0.1, 0.15) is 49.1 Å². The van der Waals surface area contributed by atoms with Crippen molar-refractivity contribution in [3.05, 3.63) is 88.5 Å². The molecule has 0 aromatic heterocycles. The van der Waals surface area contributed by atoms with Crippen LogP contribution in [0.3, 0.4) is 0 Å². The molecular formula is C27H25N3O5. The average molecular weight is 472 g/mol. The van der Waals surface area contributed by atoms with E-state index in [0.717, 1.165) is 16.0 Å². The molecule has 3 aromatic rings. The van der Waals surface area contributed by atoms with Gasteiger partial charge < -0.3 is 15.4 Å². The van der Waals surface area contributed by atoms with Crippen molar-refractivity contribution in [1.29, 1.82) is 0 Å². The first-order chi connectivity index (χ1) is 16.8. The van der Waals surface area contributed by atoms with E-state index < -0.39 is 17.7 Å². The number of para-hydroxylation sites is 1. The maximum Gasteiger partial charge on any atom is 0.266 e. The summed E-state index contributed by atoms with van der Waals surface area (Å²) in [6.07, 6.45) is 0. The number of fused-ring (bicyclic) bond motifs is 1. The zero-order chi connectivity index (χ0) is 25.1. The molecule has 0 fully saturated rings. The number of nitrogens with zero attached hydrogens (tertiary/aromatic N) is 1. The van der Waals surface area contributed by atoms with Gasteiger partial charge in [0.25, 0.3) is 17.7 Å². The van der Waals surface area contributed by atoms with Gasteiger partial charge in [-0.15, -0.1) is 0 Å². The van der Waals surface area contributed by atoms with Crippen LogP contribution in [0.5, 0.6) is 5.75 Å². The summed E-state index contributed by atoms with van der Waals surface area (Å²) in [5.74, 6) is -1.24. The van der Waals surface area contributed by atoms with Crippen LogP contribution in [0.15, 0.2) is 60.7 Å². The van der Waals surface area contributed by atoms with Gasteiger partial charge in [-0.25, -0.2) is 4.90 Å². The second-order valence-electron chi connectivity index (χ2n) is 8.13. The zero-order valence-corrected chi connectivity index (χ0v) is 19.7. The van der Waals surface area contributed by atoms with Gasteiger partial charge in [-0.3, -0.25) is 19.2 Å². The molecule has 2 N–H and O–H groups in total. The molecule has 0 radical (unpaired) electrons. The van der Waals surface area contributed by atoms with Crippen LogP contribution in [0, 0.1) is 13.8 Å². The number of hydrogen-bond acceptors (Lipinski definition) is 5. The Morgan fingerprint density at radius 3 is 2.20 bits per heavy atom. The highest BCUT2D eigenvalue weighted by Gasteiger charge is 2.37. The Balaban J connectivity index is 1.44. The third-order valence-corrected chi connectivity index (χ3v) is 5.71. The van der Waals surface area contributed by atoms with Crippen molar-refractivity contribution >= 4 is 35.0 Å². The number of carbonyl (C=O) groups is 4. The van der Waals surface area contributed by atoms with Crippen LogP contribution in [-0.4, -0.2) is 36.8 Å². The first kappa shape index (κ1) is 23.7. The third kappa shape index (κ3) is 4.77. The van der Waals surface area contributed by atoms with Crippen LogP contribution in [0.25, 0.3) is 0 Å². The van der Waals surface area contributed by atoms with Gasteiger partial charge in [0.15, 0.2) is 0 Å². The fraction of sp³-hybridized carbons (Fsp3) is 0.185. The van der Waals surface area contributed by atoms with Gasteiger partial charge in [0.2, 0.25) is 5.91 Å². The minimum atomic E-state index is -0.524. The van der Waals surface area contributed by atoms with Crippen LogP contribution in [0.2, 0.25) is 0 Å². The number of nitrogens with one attached hydrogen (secondary N) is 2. The molecule has 4 rings (SSSR count). The van der Waals surface area contributed by atoms with Crippen LogP contribution in [-0.2, 0) is 4.79 Å². The van der Waals surface area contributed by atoms with E-state index in [1.54, 1.807) is 24.3 Å². The zero-order valence-electron chi connectivity index (χ0n) is 19.7. The normalized spacial score (nSPS) is 12.4. The molecule has 8 heteroatoms. The molecule has 0 spiro atoms. The number of ether oxygens (including phenoxy) is 1. The third-order valence-electron chi connectivity index (χ3n) is 5.71. The molecule has 0 unspecified atom stereocenters. The van der Waals surface area contributed by atoms with Crippen molar-refractivity contribution < 1.29 is 23.9 Å². The molecule has 0 aliphatic carbocycles. The lowest BCUT2D eigenvalue weighted by Crippen LogP contribution is -2.33. The van der Waals surface area contributed by atoms with Gasteiger partial charge in [0, 0.05) is 11.3 Å². The van der Waals surface area contributed by atoms with E-state index in [0.29, 0.717) is 23.7 Å². The van der Waals surface area contributed by atoms with E-state index in [-0.39, 0.29) is 29.1 Å². The number of carbonyl (C=O) groups excluding carboxylic acids is 4. The Bertz CT molecular complexity index is 1310. The average Bonchev–Trinajstić information content (AvgIpc) is 3.10. The highest BCUT2D eigenvalue weighted by Crippen LogP contribution is 2.30. The molecule has 8 nitrogen and oxygen atoms in total. The molecule has 1 aliphatic rings. The van der Waals surface area contributed by atoms with Crippen molar-refractivity contribution in [2.45, 2.75) is 20.8 Å². The molecule has 0 atom stereocenters. The van der Waals surface area contributed by atoms with Crippen molar-refractivity contribution in [3.63, 3.8) is 0 Å². The number of aryl methyl sites for hydroxylation is 2. The number of anilines is 2. The molecular weight excluding hydrogens is 446 g/mol. The maximum atomic E-state index is 13.0. The summed E-state index contributed by atoms with van der Waals surface area (Å²) in [6.45, 7) is 5.91. The number of amides is 4. The quantitative estimate of drug-likeness (QED) is 0.509. The summed E-state index contributed by atoms with van der Waals surface area (Å²) < 4.78 is 5.40. The van der Waals surface area contributed by atoms with Crippen molar-refractivity contribution in [2.24, 2.45) is 0 Å². The van der Waals surface area contributed by atoms with Crippen LogP contribution < -0.4 is 20.3 Å². The summed E-state index contributed by atoms with van der Waals surface area (Å²) >= 11 is 0. The fourth-order valence-electron chi connectivity index (χ4n) is 3.93. The summed E-state index contributed by atoms with van der Waals surface area (Å²) in [6, 6.07) is 16.6. The molecule has 0 saturated heterocycles. The highest BCUT2D eigenvalue weighted by molar-refractivity contribution is 6.34. The Labute approximate surface area is 202 Å². The van der Waals surface area contributed by atoms with Gasteiger partial charge in [0.1, 0.15) is 5.75 Å². The molecule has 4 amide bonds. The van der Waals surface area contributed by atoms with E-state index in [4.69, 9.17) is 4.74 Å². The molecule has 35 heavy (non-hydrogen) atoms. The first-order valence-corrected chi connectivity index (χ1v) is 11.2. The Morgan fingerprint density at radius 2 is 1.54 bits per heavy atom. The number of benzene rings is 3. The number of hydrogen-bond donors (Lipinski definition) is 2. The van der Waals surface area contributed by atoms with Crippen molar-refractivity contribution in [2.75, 3.05) is 23.4 Å².